The average Bonchev–Trinajstić information content (AvgIpc) is 2.78. The lowest BCUT2D eigenvalue weighted by Crippen LogP contribution is -1.88. The van der Waals surface area contributed by atoms with E-state index in [9.17, 15) is 13.9 Å². The maximum absolute atomic E-state index is 13.1. The number of benzene rings is 2. The van der Waals surface area contributed by atoms with Gasteiger partial charge in [-0.2, -0.15) is 0 Å². The van der Waals surface area contributed by atoms with E-state index in [1.165, 1.54) is 6.08 Å². The molecule has 1 heterocycles. The Kier molecular flexibility index (Phi) is 3.17. The first-order valence-electron chi connectivity index (χ1n) is 6.35. The van der Waals surface area contributed by atoms with Gasteiger partial charge in [-0.3, -0.25) is 0 Å². The smallest absolute Gasteiger partial charge is 0.134 e. The molecule has 0 radical (unpaired) electrons. The van der Waals surface area contributed by atoms with Crippen LogP contribution in [-0.2, 0) is 0 Å². The van der Waals surface area contributed by atoms with Gasteiger partial charge in [0.15, 0.2) is 0 Å². The Balaban J connectivity index is 2.02. The fraction of sp³-hybridized carbons (Fsp3) is 0.0625. The fourth-order valence-corrected chi connectivity index (χ4v) is 2.13. The molecule has 0 amide bonds. The number of H-pyrrole nitrogens is 1. The molecule has 0 saturated heterocycles. The quantitative estimate of drug-likeness (QED) is 0.693. The standard InChI is InChI=1S/C16H12F2N2O/c1-9-2-3-13-14(4-9)20-16(19-13)8-15(21)10-5-11(17)7-12(18)6-10/h2-8,21H,1H3,(H,19,20). The van der Waals surface area contributed by atoms with E-state index in [0.717, 1.165) is 34.8 Å². The number of nitrogens with one attached hydrogen (secondary N) is 1. The third-order valence-corrected chi connectivity index (χ3v) is 3.09. The molecule has 106 valence electrons. The Morgan fingerprint density at radius 1 is 1.14 bits per heavy atom. The lowest BCUT2D eigenvalue weighted by molar-refractivity contribution is 0.511. The van der Waals surface area contributed by atoms with Crippen LogP contribution in [0.15, 0.2) is 36.4 Å². The van der Waals surface area contributed by atoms with E-state index in [1.54, 1.807) is 0 Å². The maximum Gasteiger partial charge on any atom is 0.134 e. The zero-order valence-corrected chi connectivity index (χ0v) is 11.2. The first-order valence-corrected chi connectivity index (χ1v) is 6.35. The van der Waals surface area contributed by atoms with Crippen LogP contribution in [0.25, 0.3) is 22.9 Å². The monoisotopic (exact) mass is 286 g/mol. The summed E-state index contributed by atoms with van der Waals surface area (Å²) in [6, 6.07) is 8.58. The van der Waals surface area contributed by atoms with Crippen molar-refractivity contribution < 1.29 is 13.9 Å². The first-order chi connectivity index (χ1) is 10.0. The van der Waals surface area contributed by atoms with Crippen LogP contribution in [0.3, 0.4) is 0 Å². The van der Waals surface area contributed by atoms with Crippen molar-refractivity contribution in [3.05, 3.63) is 65.0 Å². The molecule has 0 spiro atoms. The number of hydrogen-bond donors (Lipinski definition) is 2. The maximum atomic E-state index is 13.1. The van der Waals surface area contributed by atoms with Gasteiger partial charge < -0.3 is 10.1 Å². The van der Waals surface area contributed by atoms with E-state index in [0.29, 0.717) is 5.82 Å². The van der Waals surface area contributed by atoms with Crippen molar-refractivity contribution in [1.29, 1.82) is 0 Å². The Labute approximate surface area is 119 Å². The number of aryl methyl sites for hydroxylation is 1. The highest BCUT2D eigenvalue weighted by Crippen LogP contribution is 2.19. The van der Waals surface area contributed by atoms with Crippen LogP contribution in [0.1, 0.15) is 17.0 Å². The van der Waals surface area contributed by atoms with Gasteiger partial charge in [-0.1, -0.05) is 6.07 Å². The molecule has 0 aliphatic carbocycles. The molecule has 0 saturated carbocycles. The highest BCUT2D eigenvalue weighted by molar-refractivity contribution is 5.81. The zero-order chi connectivity index (χ0) is 15.0. The van der Waals surface area contributed by atoms with E-state index in [4.69, 9.17) is 0 Å². The number of rotatable bonds is 2. The van der Waals surface area contributed by atoms with Crippen LogP contribution in [0.5, 0.6) is 0 Å². The molecular weight excluding hydrogens is 274 g/mol. The minimum atomic E-state index is -0.745. The lowest BCUT2D eigenvalue weighted by atomic mass is 10.1. The van der Waals surface area contributed by atoms with E-state index in [1.807, 2.05) is 25.1 Å². The summed E-state index contributed by atoms with van der Waals surface area (Å²) < 4.78 is 26.3. The van der Waals surface area contributed by atoms with Crippen LogP contribution in [0, 0.1) is 18.6 Å². The molecule has 0 bridgehead atoms. The molecular formula is C16H12F2N2O. The van der Waals surface area contributed by atoms with E-state index in [2.05, 4.69) is 9.97 Å². The molecule has 3 nitrogen and oxygen atoms in total. The summed E-state index contributed by atoms with van der Waals surface area (Å²) in [7, 11) is 0. The number of aromatic nitrogens is 2. The molecule has 5 heteroatoms. The van der Waals surface area contributed by atoms with Gasteiger partial charge in [0.25, 0.3) is 0 Å². The SMILES string of the molecule is Cc1ccc2nc(C=C(O)c3cc(F)cc(F)c3)[nH]c2c1. The minimum absolute atomic E-state index is 0.0594. The van der Waals surface area contributed by atoms with Crippen molar-refractivity contribution in [2.24, 2.45) is 0 Å². The molecule has 3 aromatic rings. The molecule has 3 rings (SSSR count). The van der Waals surface area contributed by atoms with Crippen molar-refractivity contribution in [2.75, 3.05) is 0 Å². The number of imidazole rings is 1. The number of halogens is 2. The Morgan fingerprint density at radius 2 is 1.86 bits per heavy atom. The number of aliphatic hydroxyl groups excluding tert-OH is 1. The molecule has 0 aliphatic heterocycles. The van der Waals surface area contributed by atoms with Crippen LogP contribution < -0.4 is 0 Å². The van der Waals surface area contributed by atoms with E-state index < -0.39 is 11.6 Å². The van der Waals surface area contributed by atoms with Crippen molar-refractivity contribution in [3.63, 3.8) is 0 Å². The average molecular weight is 286 g/mol. The van der Waals surface area contributed by atoms with Crippen LogP contribution in [0.4, 0.5) is 8.78 Å². The van der Waals surface area contributed by atoms with Crippen LogP contribution >= 0.6 is 0 Å². The lowest BCUT2D eigenvalue weighted by Gasteiger charge is -2.00. The van der Waals surface area contributed by atoms with Gasteiger partial charge in [0, 0.05) is 17.7 Å². The van der Waals surface area contributed by atoms with Gasteiger partial charge in [0.2, 0.25) is 0 Å². The third kappa shape index (κ3) is 2.76. The number of aliphatic hydroxyl groups is 1. The van der Waals surface area contributed by atoms with Gasteiger partial charge in [-0.05, 0) is 36.8 Å². The highest BCUT2D eigenvalue weighted by atomic mass is 19.1. The largest absolute Gasteiger partial charge is 0.507 e. The Morgan fingerprint density at radius 3 is 2.57 bits per heavy atom. The van der Waals surface area contributed by atoms with Crippen molar-refractivity contribution in [3.8, 4) is 0 Å². The van der Waals surface area contributed by atoms with E-state index >= 15 is 0 Å². The molecule has 1 aromatic heterocycles. The number of fused-ring (bicyclic) bond motifs is 1. The summed E-state index contributed by atoms with van der Waals surface area (Å²) in [4.78, 5) is 7.32. The van der Waals surface area contributed by atoms with E-state index in [-0.39, 0.29) is 11.3 Å². The number of hydrogen-bond acceptors (Lipinski definition) is 2. The van der Waals surface area contributed by atoms with Crippen molar-refractivity contribution in [1.82, 2.24) is 9.97 Å². The van der Waals surface area contributed by atoms with Gasteiger partial charge in [0.05, 0.1) is 11.0 Å². The van der Waals surface area contributed by atoms with Crippen molar-refractivity contribution in [2.45, 2.75) is 6.92 Å². The second-order valence-corrected chi connectivity index (χ2v) is 4.83. The Hall–Kier alpha value is -2.69. The summed E-state index contributed by atoms with van der Waals surface area (Å²) >= 11 is 0. The molecule has 0 unspecified atom stereocenters. The minimum Gasteiger partial charge on any atom is -0.507 e. The van der Waals surface area contributed by atoms with Gasteiger partial charge in [-0.25, -0.2) is 13.8 Å². The van der Waals surface area contributed by atoms with Gasteiger partial charge >= 0.3 is 0 Å². The predicted molar refractivity (Wildman–Crippen MR) is 77.7 cm³/mol. The first kappa shape index (κ1) is 13.3. The molecule has 0 fully saturated rings. The van der Waals surface area contributed by atoms with Gasteiger partial charge in [0.1, 0.15) is 23.2 Å². The molecule has 2 aromatic carbocycles. The number of aromatic amines is 1. The second kappa shape index (κ2) is 5.01. The molecule has 21 heavy (non-hydrogen) atoms. The Bertz CT molecular complexity index is 832. The normalized spacial score (nSPS) is 12.0. The second-order valence-electron chi connectivity index (χ2n) is 4.83. The molecule has 0 atom stereocenters. The fourth-order valence-electron chi connectivity index (χ4n) is 2.13. The molecule has 2 N–H and O–H groups in total. The zero-order valence-electron chi connectivity index (χ0n) is 11.2. The van der Waals surface area contributed by atoms with Crippen LogP contribution in [-0.4, -0.2) is 15.1 Å². The van der Waals surface area contributed by atoms with Crippen molar-refractivity contribution >= 4 is 22.9 Å². The van der Waals surface area contributed by atoms with Gasteiger partial charge in [-0.15, -0.1) is 0 Å². The predicted octanol–water partition coefficient (Wildman–Crippen LogP) is 4.21. The molecule has 0 aliphatic rings. The summed E-state index contributed by atoms with van der Waals surface area (Å²) in [5, 5.41) is 9.97. The summed E-state index contributed by atoms with van der Waals surface area (Å²) in [5.41, 5.74) is 2.73. The topological polar surface area (TPSA) is 48.9 Å². The highest BCUT2D eigenvalue weighted by Gasteiger charge is 2.07. The summed E-state index contributed by atoms with van der Waals surface area (Å²) in [6.45, 7) is 1.96. The number of nitrogens with zero attached hydrogens (tertiary/aromatic N) is 1. The summed E-state index contributed by atoms with van der Waals surface area (Å²) in [6.07, 6.45) is 1.34. The summed E-state index contributed by atoms with van der Waals surface area (Å²) in [5.74, 6) is -1.34. The van der Waals surface area contributed by atoms with Crippen LogP contribution in [0.2, 0.25) is 0 Å². The third-order valence-electron chi connectivity index (χ3n) is 3.09.